The third-order valence-electron chi connectivity index (χ3n) is 11.7. The summed E-state index contributed by atoms with van der Waals surface area (Å²) in [5.41, 5.74) is 11.4. The van der Waals surface area contributed by atoms with Gasteiger partial charge in [0.25, 0.3) is 0 Å². The second-order valence-electron chi connectivity index (χ2n) is 13.5. The van der Waals surface area contributed by atoms with E-state index in [-0.39, 0.29) is 5.41 Å². The molecular weight excluding hydrogens is 506 g/mol. The maximum atomic E-state index is 4.82. The van der Waals surface area contributed by atoms with E-state index in [0.29, 0.717) is 0 Å². The molecule has 5 aliphatic carbocycles. The summed E-state index contributed by atoms with van der Waals surface area (Å²) < 4.78 is 0. The first kappa shape index (κ1) is 23.3. The van der Waals surface area contributed by atoms with Crippen molar-refractivity contribution in [2.24, 2.45) is 23.7 Å². The Morgan fingerprint density at radius 1 is 0.500 bits per heavy atom. The van der Waals surface area contributed by atoms with Gasteiger partial charge in [0, 0.05) is 17.2 Å². The average Bonchev–Trinajstić information content (AvgIpc) is 3.32. The molecule has 4 fully saturated rings. The highest BCUT2D eigenvalue weighted by Crippen LogP contribution is 2.69. The summed E-state index contributed by atoms with van der Waals surface area (Å²) in [7, 11) is 0. The van der Waals surface area contributed by atoms with Crippen LogP contribution in [0.4, 0.5) is 0 Å². The number of rotatable bonds is 2. The lowest BCUT2D eigenvalue weighted by Crippen LogP contribution is -2.55. The van der Waals surface area contributed by atoms with E-state index in [1.165, 1.54) is 81.5 Å². The molecule has 0 N–H and O–H groups in total. The van der Waals surface area contributed by atoms with Crippen LogP contribution < -0.4 is 0 Å². The van der Waals surface area contributed by atoms with Crippen molar-refractivity contribution in [3.63, 3.8) is 0 Å². The van der Waals surface area contributed by atoms with Crippen molar-refractivity contribution in [1.82, 2.24) is 4.98 Å². The summed E-state index contributed by atoms with van der Waals surface area (Å²) in [6.07, 6.45) is 9.05. The third kappa shape index (κ3) is 2.92. The first-order valence-electron chi connectivity index (χ1n) is 15.9. The summed E-state index contributed by atoms with van der Waals surface area (Å²) in [6, 6.07) is 41.2. The molecule has 1 nitrogen and oxygen atoms in total. The predicted octanol–water partition coefficient (Wildman–Crippen LogP) is 10.4. The minimum Gasteiger partial charge on any atom is -0.256 e. The molecular formula is C41H33N. The largest absolute Gasteiger partial charge is 0.256 e. The second-order valence-corrected chi connectivity index (χ2v) is 13.5. The fourth-order valence-corrected chi connectivity index (χ4v) is 10.5. The van der Waals surface area contributed by atoms with Gasteiger partial charge in [-0.3, -0.25) is 4.98 Å². The Morgan fingerprint density at radius 3 is 1.71 bits per heavy atom. The van der Waals surface area contributed by atoms with Crippen molar-refractivity contribution in [2.75, 3.05) is 0 Å². The number of fused-ring (bicyclic) bond motifs is 5. The van der Waals surface area contributed by atoms with Gasteiger partial charge in [0.1, 0.15) is 0 Å². The van der Waals surface area contributed by atoms with Gasteiger partial charge in [-0.15, -0.1) is 0 Å². The maximum Gasteiger partial charge on any atom is 0.0714 e. The van der Waals surface area contributed by atoms with Gasteiger partial charge in [0.05, 0.1) is 5.69 Å². The Labute approximate surface area is 247 Å². The number of pyridine rings is 1. The van der Waals surface area contributed by atoms with Crippen LogP contribution in [0.3, 0.4) is 0 Å². The van der Waals surface area contributed by atoms with Crippen molar-refractivity contribution in [3.8, 4) is 33.5 Å². The van der Waals surface area contributed by atoms with Crippen molar-refractivity contribution in [3.05, 3.63) is 127 Å². The van der Waals surface area contributed by atoms with Crippen LogP contribution in [0.25, 0.3) is 55.1 Å². The normalized spacial score (nSPS) is 26.7. The van der Waals surface area contributed by atoms with Crippen LogP contribution in [0.15, 0.2) is 115 Å². The molecule has 4 bridgehead atoms. The Kier molecular flexibility index (Phi) is 4.68. The molecule has 1 aromatic heterocycles. The smallest absolute Gasteiger partial charge is 0.0714 e. The molecule has 1 heterocycles. The van der Waals surface area contributed by atoms with E-state index >= 15 is 0 Å². The molecule has 1 spiro atoms. The van der Waals surface area contributed by atoms with Gasteiger partial charge in [-0.1, -0.05) is 91.0 Å². The first-order chi connectivity index (χ1) is 20.8. The zero-order valence-corrected chi connectivity index (χ0v) is 23.8. The van der Waals surface area contributed by atoms with E-state index < -0.39 is 0 Å². The van der Waals surface area contributed by atoms with Crippen LogP contribution in [0.5, 0.6) is 0 Å². The fraction of sp³-hybridized carbons (Fsp3) is 0.244. The van der Waals surface area contributed by atoms with E-state index in [0.717, 1.165) is 29.4 Å². The number of nitrogens with zero attached hydrogens (tertiary/aromatic N) is 1. The van der Waals surface area contributed by atoms with Crippen LogP contribution in [0.1, 0.15) is 43.2 Å². The third-order valence-corrected chi connectivity index (χ3v) is 11.7. The zero-order valence-electron chi connectivity index (χ0n) is 23.8. The molecule has 1 heteroatoms. The van der Waals surface area contributed by atoms with E-state index in [1.54, 1.807) is 11.1 Å². The van der Waals surface area contributed by atoms with Gasteiger partial charge >= 0.3 is 0 Å². The minimum absolute atomic E-state index is 0.175. The van der Waals surface area contributed by atoms with E-state index in [9.17, 15) is 0 Å². The van der Waals surface area contributed by atoms with E-state index in [4.69, 9.17) is 4.98 Å². The number of aromatic nitrogens is 1. The van der Waals surface area contributed by atoms with Crippen LogP contribution in [0, 0.1) is 23.7 Å². The lowest BCUT2D eigenvalue weighted by atomic mass is 9.43. The van der Waals surface area contributed by atoms with E-state index in [2.05, 4.69) is 103 Å². The molecule has 0 radical (unpaired) electrons. The number of hydrogen-bond donors (Lipinski definition) is 0. The molecule has 5 aromatic carbocycles. The van der Waals surface area contributed by atoms with Gasteiger partial charge in [0.2, 0.25) is 0 Å². The fourth-order valence-electron chi connectivity index (χ4n) is 10.5. The van der Waals surface area contributed by atoms with Gasteiger partial charge < -0.3 is 0 Å². The molecule has 5 aliphatic rings. The highest BCUT2D eigenvalue weighted by molar-refractivity contribution is 6.21. The Morgan fingerprint density at radius 2 is 1.07 bits per heavy atom. The zero-order chi connectivity index (χ0) is 27.4. The molecule has 0 unspecified atom stereocenters. The molecule has 0 aliphatic heterocycles. The monoisotopic (exact) mass is 539 g/mol. The number of benzene rings is 5. The van der Waals surface area contributed by atoms with Gasteiger partial charge in [-0.05, 0) is 129 Å². The molecule has 11 rings (SSSR count). The molecule has 6 aromatic rings. The summed E-state index contributed by atoms with van der Waals surface area (Å²) in [5, 5.41) is 5.17. The van der Waals surface area contributed by atoms with Gasteiger partial charge in [0.15, 0.2) is 0 Å². The summed E-state index contributed by atoms with van der Waals surface area (Å²) >= 11 is 0. The lowest BCUT2D eigenvalue weighted by Gasteiger charge is -2.61. The predicted molar refractivity (Wildman–Crippen MR) is 173 cm³/mol. The second kappa shape index (κ2) is 8.42. The van der Waals surface area contributed by atoms with Gasteiger partial charge in [-0.25, -0.2) is 0 Å². The molecule has 4 saturated carbocycles. The van der Waals surface area contributed by atoms with Crippen molar-refractivity contribution in [1.29, 1.82) is 0 Å². The molecule has 0 amide bonds. The first-order valence-corrected chi connectivity index (χ1v) is 15.9. The standard InChI is InChI=1S/C41H33N/c1-3-12-34-32(10-1)39(33-11-2-4-13-35(33)40(34)38-15-7-8-18-42-38)27-16-17-31-30-9-5-6-14-36(30)41(37(31)24-27)28-20-25-19-26(22-28)23-29(41)21-25/h1-18,24-26,28-29H,19-23H2. The maximum absolute atomic E-state index is 4.82. The van der Waals surface area contributed by atoms with Crippen LogP contribution in [-0.2, 0) is 5.41 Å². The highest BCUT2D eigenvalue weighted by atomic mass is 14.7. The summed E-state index contributed by atoms with van der Waals surface area (Å²) in [4.78, 5) is 4.82. The Balaban J connectivity index is 1.27. The highest BCUT2D eigenvalue weighted by Gasteiger charge is 2.61. The SMILES string of the molecule is c1ccc(-c2c3ccccc3c(-c3ccc4c(c3)C3(c5ccccc5-4)C4CC5CC(C4)CC3C5)c3ccccc23)nc1. The van der Waals surface area contributed by atoms with Crippen LogP contribution in [-0.4, -0.2) is 4.98 Å². The summed E-state index contributed by atoms with van der Waals surface area (Å²) in [5.74, 6) is 3.44. The van der Waals surface area contributed by atoms with Crippen LogP contribution in [0.2, 0.25) is 0 Å². The molecule has 0 saturated heterocycles. The van der Waals surface area contributed by atoms with Crippen LogP contribution >= 0.6 is 0 Å². The van der Waals surface area contributed by atoms with E-state index in [1.807, 2.05) is 12.3 Å². The Hall–Kier alpha value is -4.23. The van der Waals surface area contributed by atoms with Crippen molar-refractivity contribution < 1.29 is 0 Å². The van der Waals surface area contributed by atoms with Crippen molar-refractivity contribution in [2.45, 2.75) is 37.5 Å². The minimum atomic E-state index is 0.175. The molecule has 42 heavy (non-hydrogen) atoms. The number of hydrogen-bond acceptors (Lipinski definition) is 1. The topological polar surface area (TPSA) is 12.9 Å². The summed E-state index contributed by atoms with van der Waals surface area (Å²) in [6.45, 7) is 0. The quantitative estimate of drug-likeness (QED) is 0.199. The lowest BCUT2D eigenvalue weighted by molar-refractivity contribution is -0.0399. The molecule has 0 atom stereocenters. The van der Waals surface area contributed by atoms with Gasteiger partial charge in [-0.2, -0.15) is 0 Å². The molecule has 202 valence electrons. The average molecular weight is 540 g/mol. The Bertz CT molecular complexity index is 1970. The van der Waals surface area contributed by atoms with Crippen molar-refractivity contribution >= 4 is 21.5 Å².